The minimum absolute atomic E-state index is 0.200. The van der Waals surface area contributed by atoms with Crippen LogP contribution in [0.4, 0.5) is 0 Å². The number of nitrogens with zero attached hydrogens (tertiary/aromatic N) is 2. The Hall–Kier alpha value is -1.40. The van der Waals surface area contributed by atoms with Crippen molar-refractivity contribution in [2.75, 3.05) is 27.3 Å². The number of ether oxygens (including phenoxy) is 2. The SMILES string of the molecule is CCN(CCC(=O)OC)Cc1cc(COC)on1. The molecular formula is C12H20N2O4. The molecule has 0 aromatic carbocycles. The van der Waals surface area contributed by atoms with Crippen molar-refractivity contribution < 1.29 is 18.8 Å². The van der Waals surface area contributed by atoms with E-state index in [-0.39, 0.29) is 5.97 Å². The molecule has 0 aliphatic carbocycles. The summed E-state index contributed by atoms with van der Waals surface area (Å²) in [4.78, 5) is 13.2. The molecule has 0 amide bonds. The van der Waals surface area contributed by atoms with E-state index < -0.39 is 0 Å². The molecule has 0 radical (unpaired) electrons. The number of hydrogen-bond donors (Lipinski definition) is 0. The molecule has 0 fully saturated rings. The van der Waals surface area contributed by atoms with Crippen molar-refractivity contribution >= 4 is 5.97 Å². The number of aromatic nitrogens is 1. The van der Waals surface area contributed by atoms with E-state index in [0.29, 0.717) is 31.9 Å². The molecular weight excluding hydrogens is 236 g/mol. The van der Waals surface area contributed by atoms with Crippen LogP contribution >= 0.6 is 0 Å². The van der Waals surface area contributed by atoms with Crippen LogP contribution in [0.25, 0.3) is 0 Å². The average Bonchev–Trinajstić information content (AvgIpc) is 2.81. The highest BCUT2D eigenvalue weighted by Gasteiger charge is 2.10. The lowest BCUT2D eigenvalue weighted by atomic mass is 10.3. The Morgan fingerprint density at radius 1 is 1.50 bits per heavy atom. The first kappa shape index (κ1) is 14.7. The molecule has 1 aromatic heterocycles. The second-order valence-electron chi connectivity index (χ2n) is 3.91. The van der Waals surface area contributed by atoms with Crippen molar-refractivity contribution in [1.29, 1.82) is 0 Å². The first-order valence-electron chi connectivity index (χ1n) is 5.92. The topological polar surface area (TPSA) is 64.8 Å². The van der Waals surface area contributed by atoms with Gasteiger partial charge in [-0.1, -0.05) is 12.1 Å². The van der Waals surface area contributed by atoms with Gasteiger partial charge in [0.15, 0.2) is 5.76 Å². The van der Waals surface area contributed by atoms with Gasteiger partial charge in [-0.3, -0.25) is 9.69 Å². The van der Waals surface area contributed by atoms with Gasteiger partial charge >= 0.3 is 5.97 Å². The van der Waals surface area contributed by atoms with Crippen LogP contribution in [-0.2, 0) is 27.4 Å². The molecule has 1 heterocycles. The summed E-state index contributed by atoms with van der Waals surface area (Å²) in [7, 11) is 3.00. The van der Waals surface area contributed by atoms with E-state index in [9.17, 15) is 4.79 Å². The fourth-order valence-electron chi connectivity index (χ4n) is 1.57. The zero-order valence-corrected chi connectivity index (χ0v) is 11.1. The van der Waals surface area contributed by atoms with Gasteiger partial charge in [0, 0.05) is 26.3 Å². The van der Waals surface area contributed by atoms with Crippen molar-refractivity contribution in [2.45, 2.75) is 26.5 Å². The number of methoxy groups -OCH3 is 2. The quantitative estimate of drug-likeness (QED) is 0.651. The van der Waals surface area contributed by atoms with Gasteiger partial charge < -0.3 is 14.0 Å². The monoisotopic (exact) mass is 256 g/mol. The molecule has 1 rings (SSSR count). The molecule has 0 atom stereocenters. The fraction of sp³-hybridized carbons (Fsp3) is 0.667. The number of esters is 1. The van der Waals surface area contributed by atoms with Crippen LogP contribution in [0.15, 0.2) is 10.6 Å². The summed E-state index contributed by atoms with van der Waals surface area (Å²) in [5.74, 6) is 0.505. The zero-order valence-electron chi connectivity index (χ0n) is 11.1. The number of carbonyl (C=O) groups is 1. The first-order valence-corrected chi connectivity index (χ1v) is 5.92. The van der Waals surface area contributed by atoms with Crippen LogP contribution in [0.1, 0.15) is 24.8 Å². The second-order valence-corrected chi connectivity index (χ2v) is 3.91. The Morgan fingerprint density at radius 3 is 2.89 bits per heavy atom. The van der Waals surface area contributed by atoms with Crippen LogP contribution in [-0.4, -0.2) is 43.3 Å². The largest absolute Gasteiger partial charge is 0.469 e. The standard InChI is InChI=1S/C12H20N2O4/c1-4-14(6-5-12(15)17-3)8-10-7-11(9-16-2)18-13-10/h7H,4-6,8-9H2,1-3H3. The minimum atomic E-state index is -0.200. The van der Waals surface area contributed by atoms with Crippen molar-refractivity contribution in [3.05, 3.63) is 17.5 Å². The third-order valence-electron chi connectivity index (χ3n) is 2.59. The van der Waals surface area contributed by atoms with Crippen LogP contribution in [0.5, 0.6) is 0 Å². The molecule has 1 aromatic rings. The highest BCUT2D eigenvalue weighted by Crippen LogP contribution is 2.08. The summed E-state index contributed by atoms with van der Waals surface area (Å²) >= 11 is 0. The van der Waals surface area contributed by atoms with Gasteiger partial charge in [-0.05, 0) is 6.54 Å². The molecule has 0 spiro atoms. The van der Waals surface area contributed by atoms with Gasteiger partial charge in [-0.2, -0.15) is 0 Å². The lowest BCUT2D eigenvalue weighted by Gasteiger charge is -2.17. The highest BCUT2D eigenvalue weighted by atomic mass is 16.5. The van der Waals surface area contributed by atoms with E-state index in [1.54, 1.807) is 7.11 Å². The van der Waals surface area contributed by atoms with Gasteiger partial charge in [0.05, 0.1) is 19.2 Å². The predicted molar refractivity (Wildman–Crippen MR) is 64.8 cm³/mol. The molecule has 18 heavy (non-hydrogen) atoms. The summed E-state index contributed by atoms with van der Waals surface area (Å²) in [6.45, 7) is 4.59. The number of hydrogen-bond acceptors (Lipinski definition) is 6. The van der Waals surface area contributed by atoms with E-state index in [4.69, 9.17) is 9.26 Å². The van der Waals surface area contributed by atoms with Gasteiger partial charge in [-0.25, -0.2) is 0 Å². The smallest absolute Gasteiger partial charge is 0.306 e. The summed E-state index contributed by atoms with van der Waals surface area (Å²) in [5, 5.41) is 3.96. The van der Waals surface area contributed by atoms with Gasteiger partial charge in [0.25, 0.3) is 0 Å². The fourth-order valence-corrected chi connectivity index (χ4v) is 1.57. The van der Waals surface area contributed by atoms with Gasteiger partial charge in [0.1, 0.15) is 6.61 Å². The maximum atomic E-state index is 11.1. The molecule has 0 saturated carbocycles. The summed E-state index contributed by atoms with van der Waals surface area (Å²) in [5.41, 5.74) is 0.841. The molecule has 6 nitrogen and oxygen atoms in total. The molecule has 0 saturated heterocycles. The van der Waals surface area contributed by atoms with E-state index in [1.165, 1.54) is 7.11 Å². The van der Waals surface area contributed by atoms with Crippen molar-refractivity contribution in [1.82, 2.24) is 10.1 Å². The van der Waals surface area contributed by atoms with Crippen LogP contribution in [0.3, 0.4) is 0 Å². The zero-order chi connectivity index (χ0) is 13.4. The molecule has 0 aliphatic rings. The minimum Gasteiger partial charge on any atom is -0.469 e. The molecule has 6 heteroatoms. The van der Waals surface area contributed by atoms with E-state index in [2.05, 4.69) is 14.8 Å². The molecule has 102 valence electrons. The van der Waals surface area contributed by atoms with Gasteiger partial charge in [0.2, 0.25) is 0 Å². The third kappa shape index (κ3) is 4.85. The van der Waals surface area contributed by atoms with E-state index in [0.717, 1.165) is 12.2 Å². The normalized spacial score (nSPS) is 10.9. The Morgan fingerprint density at radius 2 is 2.28 bits per heavy atom. The van der Waals surface area contributed by atoms with Crippen molar-refractivity contribution in [3.63, 3.8) is 0 Å². The lowest BCUT2D eigenvalue weighted by molar-refractivity contribution is -0.141. The lowest BCUT2D eigenvalue weighted by Crippen LogP contribution is -2.26. The maximum absolute atomic E-state index is 11.1. The third-order valence-corrected chi connectivity index (χ3v) is 2.59. The summed E-state index contributed by atoms with van der Waals surface area (Å²) in [6, 6.07) is 1.87. The van der Waals surface area contributed by atoms with Crippen LogP contribution in [0, 0.1) is 0 Å². The maximum Gasteiger partial charge on any atom is 0.306 e. The average molecular weight is 256 g/mol. The van der Waals surface area contributed by atoms with Crippen LogP contribution < -0.4 is 0 Å². The Labute approximate surface area is 107 Å². The van der Waals surface area contributed by atoms with E-state index in [1.807, 2.05) is 13.0 Å². The Balaban J connectivity index is 2.43. The summed E-state index contributed by atoms with van der Waals surface area (Å²) < 4.78 is 14.7. The predicted octanol–water partition coefficient (Wildman–Crippen LogP) is 1.21. The molecule has 0 bridgehead atoms. The van der Waals surface area contributed by atoms with Gasteiger partial charge in [-0.15, -0.1) is 0 Å². The van der Waals surface area contributed by atoms with E-state index >= 15 is 0 Å². The second kappa shape index (κ2) is 7.84. The molecule has 0 aliphatic heterocycles. The number of carbonyl (C=O) groups excluding carboxylic acids is 1. The van der Waals surface area contributed by atoms with Crippen molar-refractivity contribution in [3.8, 4) is 0 Å². The Kier molecular flexibility index (Phi) is 6.38. The molecule has 0 N–H and O–H groups in total. The van der Waals surface area contributed by atoms with Crippen LogP contribution in [0.2, 0.25) is 0 Å². The Bertz CT molecular complexity index is 365. The number of rotatable bonds is 8. The summed E-state index contributed by atoms with van der Waals surface area (Å²) in [6.07, 6.45) is 0.382. The first-order chi connectivity index (χ1) is 8.69. The molecule has 0 unspecified atom stereocenters. The highest BCUT2D eigenvalue weighted by molar-refractivity contribution is 5.69. The van der Waals surface area contributed by atoms with Crippen molar-refractivity contribution in [2.24, 2.45) is 0 Å².